The van der Waals surface area contributed by atoms with Gasteiger partial charge >= 0.3 is 13.3 Å². The van der Waals surface area contributed by atoms with Crippen LogP contribution < -0.4 is 0 Å². The van der Waals surface area contributed by atoms with Crippen LogP contribution in [0, 0.1) is 13.8 Å². The molecule has 0 radical (unpaired) electrons. The highest BCUT2D eigenvalue weighted by molar-refractivity contribution is 7.64. The molecule has 0 fully saturated rings. The topological polar surface area (TPSA) is 51.2 Å². The van der Waals surface area contributed by atoms with Crippen LogP contribution in [0.1, 0.15) is 64.6 Å². The SMILES string of the molecule is Cc1cc(C(C)(C)C)cc(C)c1C(=O)[P+](=O)CCC(=O)c1c(Cl)cccc1Cl. The molecule has 1 atom stereocenters. The van der Waals surface area contributed by atoms with Crippen molar-refractivity contribution < 1.29 is 14.2 Å². The Bertz CT molecular complexity index is 915. The highest BCUT2D eigenvalue weighted by atomic mass is 35.5. The van der Waals surface area contributed by atoms with E-state index in [0.29, 0.717) is 5.56 Å². The molecule has 0 saturated carbocycles. The summed E-state index contributed by atoms with van der Waals surface area (Å²) in [5.74, 6) is -0.316. The third kappa shape index (κ3) is 5.08. The van der Waals surface area contributed by atoms with Gasteiger partial charge < -0.3 is 0 Å². The Morgan fingerprint density at radius 2 is 1.46 bits per heavy atom. The van der Waals surface area contributed by atoms with Gasteiger partial charge in [0.15, 0.2) is 11.9 Å². The van der Waals surface area contributed by atoms with E-state index in [-0.39, 0.29) is 39.4 Å². The fourth-order valence-corrected chi connectivity index (χ4v) is 4.87. The second-order valence-corrected chi connectivity index (χ2v) is 10.3. The summed E-state index contributed by atoms with van der Waals surface area (Å²) in [5, 5.41) is 0.507. The molecule has 2 aromatic rings. The molecule has 0 heterocycles. The smallest absolute Gasteiger partial charge is 0.294 e. The summed E-state index contributed by atoms with van der Waals surface area (Å²) in [4.78, 5) is 25.2. The van der Waals surface area contributed by atoms with Gasteiger partial charge in [-0.25, -0.2) is 4.79 Å². The van der Waals surface area contributed by atoms with Crippen LogP contribution in [0.2, 0.25) is 10.0 Å². The molecule has 1 unspecified atom stereocenters. The van der Waals surface area contributed by atoms with Crippen molar-refractivity contribution in [3.63, 3.8) is 0 Å². The van der Waals surface area contributed by atoms with Gasteiger partial charge in [-0.2, -0.15) is 0 Å². The molecule has 28 heavy (non-hydrogen) atoms. The standard InChI is InChI=1S/C22H24Cl2O3P/c1-13-11-15(22(3,4)5)12-14(2)19(13)21(26)28(27)10-9-18(25)20-16(23)7-6-8-17(20)24/h6-8,11-12H,9-10H2,1-5H3/q+1. The summed E-state index contributed by atoms with van der Waals surface area (Å²) in [6.07, 6.45) is -0.0863. The Kier molecular flexibility index (Phi) is 7.20. The van der Waals surface area contributed by atoms with Gasteiger partial charge in [-0.05, 0) is 48.1 Å². The van der Waals surface area contributed by atoms with Crippen molar-refractivity contribution in [1.82, 2.24) is 0 Å². The molecule has 0 saturated heterocycles. The van der Waals surface area contributed by atoms with Gasteiger partial charge in [-0.15, -0.1) is 0 Å². The molecule has 0 aliphatic carbocycles. The summed E-state index contributed by atoms with van der Waals surface area (Å²) in [5.41, 5.74) is 2.97. The van der Waals surface area contributed by atoms with Crippen molar-refractivity contribution in [2.45, 2.75) is 46.5 Å². The van der Waals surface area contributed by atoms with E-state index < -0.39 is 13.3 Å². The van der Waals surface area contributed by atoms with E-state index >= 15 is 0 Å². The number of benzene rings is 2. The van der Waals surface area contributed by atoms with Gasteiger partial charge in [0.2, 0.25) is 0 Å². The Morgan fingerprint density at radius 3 is 1.93 bits per heavy atom. The average Bonchev–Trinajstić information content (AvgIpc) is 2.57. The molecular formula is C22H24Cl2O3P+. The number of carbonyl (C=O) groups excluding carboxylic acids is 2. The van der Waals surface area contributed by atoms with Gasteiger partial charge in [0.05, 0.1) is 27.6 Å². The second kappa shape index (κ2) is 8.86. The number of aryl methyl sites for hydroxylation is 2. The number of halogens is 2. The van der Waals surface area contributed by atoms with E-state index in [0.717, 1.165) is 16.7 Å². The molecule has 0 bridgehead atoms. The Hall–Kier alpha value is -1.54. The third-order valence-corrected chi connectivity index (χ3v) is 6.56. The van der Waals surface area contributed by atoms with Crippen LogP contribution in [0.4, 0.5) is 0 Å². The lowest BCUT2D eigenvalue weighted by Crippen LogP contribution is -2.13. The highest BCUT2D eigenvalue weighted by Gasteiger charge is 2.34. The molecule has 0 aromatic heterocycles. The van der Waals surface area contributed by atoms with Crippen LogP contribution in [0.5, 0.6) is 0 Å². The minimum atomic E-state index is -2.23. The molecule has 2 rings (SSSR count). The van der Waals surface area contributed by atoms with Gasteiger partial charge in [0.1, 0.15) is 0 Å². The van der Waals surface area contributed by atoms with Gasteiger partial charge in [0.25, 0.3) is 0 Å². The molecule has 0 amide bonds. The van der Waals surface area contributed by atoms with Gasteiger partial charge in [0, 0.05) is 0 Å². The maximum absolute atomic E-state index is 12.8. The van der Waals surface area contributed by atoms with Crippen molar-refractivity contribution in [1.29, 1.82) is 0 Å². The first kappa shape index (κ1) is 22.7. The summed E-state index contributed by atoms with van der Waals surface area (Å²) in [6, 6.07) is 8.75. The second-order valence-electron chi connectivity index (χ2n) is 7.91. The van der Waals surface area contributed by atoms with E-state index in [9.17, 15) is 14.2 Å². The van der Waals surface area contributed by atoms with Crippen LogP contribution in [0.25, 0.3) is 0 Å². The van der Waals surface area contributed by atoms with Crippen LogP contribution in [-0.4, -0.2) is 17.5 Å². The van der Waals surface area contributed by atoms with Crippen molar-refractivity contribution >= 4 is 42.3 Å². The molecule has 0 spiro atoms. The molecule has 148 valence electrons. The normalized spacial score (nSPS) is 12.0. The van der Waals surface area contributed by atoms with E-state index in [1.165, 1.54) is 0 Å². The lowest BCUT2D eigenvalue weighted by molar-refractivity contribution is 0.0989. The van der Waals surface area contributed by atoms with Crippen LogP contribution in [0.15, 0.2) is 30.3 Å². The summed E-state index contributed by atoms with van der Waals surface area (Å²) < 4.78 is 12.6. The minimum Gasteiger partial charge on any atom is -0.294 e. The maximum Gasteiger partial charge on any atom is 0.420 e. The molecule has 2 aromatic carbocycles. The predicted octanol–water partition coefficient (Wildman–Crippen LogP) is 7.15. The van der Waals surface area contributed by atoms with Crippen molar-refractivity contribution in [3.8, 4) is 0 Å². The largest absolute Gasteiger partial charge is 0.420 e. The maximum atomic E-state index is 12.8. The first-order valence-corrected chi connectivity index (χ1v) is 11.2. The minimum absolute atomic E-state index is 0.0333. The third-order valence-electron chi connectivity index (χ3n) is 4.62. The molecule has 0 aliphatic heterocycles. The van der Waals surface area contributed by atoms with Gasteiger partial charge in [-0.3, -0.25) is 4.79 Å². The van der Waals surface area contributed by atoms with E-state index in [2.05, 4.69) is 20.8 Å². The fraction of sp³-hybridized carbons (Fsp3) is 0.364. The highest BCUT2D eigenvalue weighted by Crippen LogP contribution is 2.35. The first-order valence-electron chi connectivity index (χ1n) is 9.01. The molecular weight excluding hydrogens is 414 g/mol. The lowest BCUT2D eigenvalue weighted by Gasteiger charge is -2.21. The number of rotatable bonds is 6. The number of ketones is 1. The summed E-state index contributed by atoms with van der Waals surface area (Å²) in [7, 11) is -2.23. The van der Waals surface area contributed by atoms with E-state index in [1.807, 2.05) is 26.0 Å². The van der Waals surface area contributed by atoms with Crippen molar-refractivity contribution in [2.24, 2.45) is 0 Å². The first-order chi connectivity index (χ1) is 12.9. The number of carbonyl (C=O) groups is 2. The van der Waals surface area contributed by atoms with Crippen LogP contribution >= 0.6 is 31.0 Å². The molecule has 0 aliphatic rings. The fourth-order valence-electron chi connectivity index (χ4n) is 3.05. The number of Topliss-reactive ketones (excluding diaryl/α,β-unsaturated/α-hetero) is 1. The Balaban J connectivity index is 2.18. The number of hydrogen-bond acceptors (Lipinski definition) is 3. The monoisotopic (exact) mass is 437 g/mol. The Labute approximate surface area is 177 Å². The molecule has 0 N–H and O–H groups in total. The average molecular weight is 438 g/mol. The van der Waals surface area contributed by atoms with Gasteiger partial charge in [-0.1, -0.05) is 66.7 Å². The zero-order valence-corrected chi connectivity index (χ0v) is 19.1. The zero-order chi connectivity index (χ0) is 21.2. The van der Waals surface area contributed by atoms with E-state index in [1.54, 1.807) is 18.2 Å². The number of hydrogen-bond donors (Lipinski definition) is 0. The van der Waals surface area contributed by atoms with Crippen molar-refractivity contribution in [2.75, 3.05) is 6.16 Å². The van der Waals surface area contributed by atoms with Crippen molar-refractivity contribution in [3.05, 3.63) is 68.2 Å². The van der Waals surface area contributed by atoms with Crippen LogP contribution in [0.3, 0.4) is 0 Å². The quantitative estimate of drug-likeness (QED) is 0.356. The Morgan fingerprint density at radius 1 is 0.964 bits per heavy atom. The molecule has 6 heteroatoms. The molecule has 3 nitrogen and oxygen atoms in total. The van der Waals surface area contributed by atoms with Crippen LogP contribution in [-0.2, 0) is 9.98 Å². The summed E-state index contributed by atoms with van der Waals surface area (Å²) >= 11 is 12.1. The zero-order valence-electron chi connectivity index (χ0n) is 16.7. The predicted molar refractivity (Wildman–Crippen MR) is 117 cm³/mol. The van der Waals surface area contributed by atoms with E-state index in [4.69, 9.17) is 23.2 Å². The lowest BCUT2D eigenvalue weighted by atomic mass is 9.84. The summed E-state index contributed by atoms with van der Waals surface area (Å²) in [6.45, 7) is 10.0.